The molecule has 2 heterocycles. The fourth-order valence-electron chi connectivity index (χ4n) is 4.82. The largest absolute Gasteiger partial charge is 0.497 e. The number of rotatable bonds is 6. The molecule has 2 atom stereocenters. The molecule has 0 aromatic heterocycles. The number of nitrogens with zero attached hydrogens (tertiary/aromatic N) is 2. The van der Waals surface area contributed by atoms with Crippen LogP contribution in [-0.2, 0) is 16.1 Å². The monoisotopic (exact) mass is 449 g/mol. The van der Waals surface area contributed by atoms with Crippen LogP contribution in [0.1, 0.15) is 47.2 Å². The SMILES string of the molecule is COc1cccc(CNC(=O)[C@H]2CCCN2C(=O)[C@H]2CCCN2C(=O)c2ccccc2C)c1. The molecule has 0 spiro atoms. The van der Waals surface area contributed by atoms with Gasteiger partial charge in [0, 0.05) is 25.2 Å². The van der Waals surface area contributed by atoms with Crippen molar-refractivity contribution in [2.45, 2.75) is 51.2 Å². The standard InChI is InChI=1S/C26H31N3O4/c1-18-8-3-4-11-21(18)25(31)29-15-7-13-23(29)26(32)28-14-6-12-22(28)24(30)27-17-19-9-5-10-20(16-19)33-2/h3-5,8-11,16,22-23H,6-7,12-15,17H2,1-2H3,(H,27,30)/t22-,23-/m1/s1. The van der Waals surface area contributed by atoms with E-state index in [-0.39, 0.29) is 17.7 Å². The Morgan fingerprint density at radius 3 is 2.45 bits per heavy atom. The van der Waals surface area contributed by atoms with Crippen molar-refractivity contribution in [3.8, 4) is 5.75 Å². The van der Waals surface area contributed by atoms with Crippen molar-refractivity contribution in [3.05, 3.63) is 65.2 Å². The Hall–Kier alpha value is -3.35. The highest BCUT2D eigenvalue weighted by atomic mass is 16.5. The van der Waals surface area contributed by atoms with E-state index < -0.39 is 12.1 Å². The lowest BCUT2D eigenvalue weighted by molar-refractivity contribution is -0.141. The maximum absolute atomic E-state index is 13.5. The first-order valence-electron chi connectivity index (χ1n) is 11.6. The molecule has 0 aliphatic carbocycles. The van der Waals surface area contributed by atoms with Crippen LogP contribution in [-0.4, -0.2) is 59.8 Å². The molecule has 174 valence electrons. The number of ether oxygens (including phenoxy) is 1. The minimum atomic E-state index is -0.510. The zero-order chi connectivity index (χ0) is 23.4. The van der Waals surface area contributed by atoms with E-state index in [9.17, 15) is 14.4 Å². The van der Waals surface area contributed by atoms with E-state index in [1.54, 1.807) is 16.9 Å². The minimum Gasteiger partial charge on any atom is -0.497 e. The molecule has 2 fully saturated rings. The average molecular weight is 450 g/mol. The molecule has 2 saturated heterocycles. The Labute approximate surface area is 194 Å². The Morgan fingerprint density at radius 1 is 0.970 bits per heavy atom. The molecule has 7 heteroatoms. The zero-order valence-corrected chi connectivity index (χ0v) is 19.3. The number of hydrogen-bond donors (Lipinski definition) is 1. The van der Waals surface area contributed by atoms with Crippen LogP contribution in [0, 0.1) is 6.92 Å². The van der Waals surface area contributed by atoms with Crippen LogP contribution in [0.3, 0.4) is 0 Å². The second-order valence-corrected chi connectivity index (χ2v) is 8.73. The van der Waals surface area contributed by atoms with E-state index in [0.29, 0.717) is 38.0 Å². The van der Waals surface area contributed by atoms with Crippen molar-refractivity contribution in [2.24, 2.45) is 0 Å². The molecule has 2 aromatic carbocycles. The summed E-state index contributed by atoms with van der Waals surface area (Å²) in [7, 11) is 1.61. The number of nitrogens with one attached hydrogen (secondary N) is 1. The van der Waals surface area contributed by atoms with Gasteiger partial charge in [0.15, 0.2) is 0 Å². The van der Waals surface area contributed by atoms with Gasteiger partial charge < -0.3 is 19.9 Å². The molecular weight excluding hydrogens is 418 g/mol. The predicted octanol–water partition coefficient (Wildman–Crippen LogP) is 2.92. The molecule has 2 aliphatic rings. The number of hydrogen-bond acceptors (Lipinski definition) is 4. The summed E-state index contributed by atoms with van der Waals surface area (Å²) < 4.78 is 5.24. The van der Waals surface area contributed by atoms with E-state index in [1.807, 2.05) is 55.5 Å². The molecule has 2 aromatic rings. The van der Waals surface area contributed by atoms with Crippen molar-refractivity contribution in [3.63, 3.8) is 0 Å². The summed E-state index contributed by atoms with van der Waals surface area (Å²) in [6.45, 7) is 3.38. The molecule has 1 N–H and O–H groups in total. The van der Waals surface area contributed by atoms with Crippen molar-refractivity contribution in [2.75, 3.05) is 20.2 Å². The van der Waals surface area contributed by atoms with Crippen molar-refractivity contribution in [1.29, 1.82) is 0 Å². The number of likely N-dealkylation sites (tertiary alicyclic amines) is 2. The van der Waals surface area contributed by atoms with Gasteiger partial charge in [-0.1, -0.05) is 30.3 Å². The second-order valence-electron chi connectivity index (χ2n) is 8.73. The summed E-state index contributed by atoms with van der Waals surface area (Å²) in [6, 6.07) is 14.0. The Morgan fingerprint density at radius 2 is 1.70 bits per heavy atom. The van der Waals surface area contributed by atoms with Gasteiger partial charge in [0.05, 0.1) is 7.11 Å². The fraction of sp³-hybridized carbons (Fsp3) is 0.423. The third kappa shape index (κ3) is 4.87. The molecule has 0 saturated carbocycles. The van der Waals surface area contributed by atoms with Crippen molar-refractivity contribution < 1.29 is 19.1 Å². The predicted molar refractivity (Wildman–Crippen MR) is 125 cm³/mol. The Balaban J connectivity index is 1.42. The quantitative estimate of drug-likeness (QED) is 0.736. The van der Waals surface area contributed by atoms with Crippen LogP contribution in [0.15, 0.2) is 48.5 Å². The number of aryl methyl sites for hydroxylation is 1. The van der Waals surface area contributed by atoms with Gasteiger partial charge in [-0.25, -0.2) is 0 Å². The third-order valence-corrected chi connectivity index (χ3v) is 6.61. The minimum absolute atomic E-state index is 0.109. The first kappa shape index (κ1) is 22.8. The van der Waals surface area contributed by atoms with Gasteiger partial charge in [0.25, 0.3) is 5.91 Å². The van der Waals surface area contributed by atoms with E-state index in [4.69, 9.17) is 4.74 Å². The molecule has 0 bridgehead atoms. The highest BCUT2D eigenvalue weighted by molar-refractivity contribution is 5.99. The maximum Gasteiger partial charge on any atom is 0.254 e. The summed E-state index contributed by atoms with van der Waals surface area (Å²) in [6.07, 6.45) is 2.83. The van der Waals surface area contributed by atoms with Gasteiger partial charge in [-0.05, 0) is 61.9 Å². The Bertz CT molecular complexity index is 1040. The first-order chi connectivity index (χ1) is 16.0. The first-order valence-corrected chi connectivity index (χ1v) is 11.6. The zero-order valence-electron chi connectivity index (χ0n) is 19.3. The average Bonchev–Trinajstić information content (AvgIpc) is 3.52. The van der Waals surface area contributed by atoms with Gasteiger partial charge in [-0.3, -0.25) is 14.4 Å². The van der Waals surface area contributed by atoms with Crippen LogP contribution in [0.5, 0.6) is 5.75 Å². The molecule has 0 unspecified atom stereocenters. The second kappa shape index (κ2) is 10.1. The van der Waals surface area contributed by atoms with Gasteiger partial charge in [0.1, 0.15) is 17.8 Å². The molecule has 0 radical (unpaired) electrons. The lowest BCUT2D eigenvalue weighted by Crippen LogP contribution is -2.52. The fourth-order valence-corrected chi connectivity index (χ4v) is 4.82. The van der Waals surface area contributed by atoms with Crippen molar-refractivity contribution in [1.82, 2.24) is 15.1 Å². The summed E-state index contributed by atoms with van der Waals surface area (Å²) in [5.74, 6) is 0.355. The lowest BCUT2D eigenvalue weighted by atomic mass is 10.1. The third-order valence-electron chi connectivity index (χ3n) is 6.61. The van der Waals surface area contributed by atoms with Crippen LogP contribution in [0.25, 0.3) is 0 Å². The van der Waals surface area contributed by atoms with Crippen molar-refractivity contribution >= 4 is 17.7 Å². The number of carbonyl (C=O) groups is 3. The van der Waals surface area contributed by atoms with Crippen LogP contribution < -0.4 is 10.1 Å². The topological polar surface area (TPSA) is 79.0 Å². The van der Waals surface area contributed by atoms with Crippen LogP contribution in [0.2, 0.25) is 0 Å². The summed E-state index contributed by atoms with van der Waals surface area (Å²) >= 11 is 0. The Kier molecular flexibility index (Phi) is 6.96. The van der Waals surface area contributed by atoms with E-state index in [1.165, 1.54) is 0 Å². The molecule has 3 amide bonds. The molecule has 4 rings (SSSR count). The van der Waals surface area contributed by atoms with Crippen LogP contribution in [0.4, 0.5) is 0 Å². The van der Waals surface area contributed by atoms with Crippen LogP contribution >= 0.6 is 0 Å². The number of amides is 3. The summed E-state index contributed by atoms with van der Waals surface area (Å²) in [4.78, 5) is 43.0. The highest BCUT2D eigenvalue weighted by Crippen LogP contribution is 2.27. The van der Waals surface area contributed by atoms with Gasteiger partial charge >= 0.3 is 0 Å². The van der Waals surface area contributed by atoms with Gasteiger partial charge in [-0.2, -0.15) is 0 Å². The summed E-state index contributed by atoms with van der Waals surface area (Å²) in [5, 5.41) is 2.97. The van der Waals surface area contributed by atoms with Gasteiger partial charge in [0.2, 0.25) is 11.8 Å². The van der Waals surface area contributed by atoms with E-state index >= 15 is 0 Å². The summed E-state index contributed by atoms with van der Waals surface area (Å²) in [5.41, 5.74) is 2.46. The molecule has 7 nitrogen and oxygen atoms in total. The normalized spacial score (nSPS) is 20.1. The highest BCUT2D eigenvalue weighted by Gasteiger charge is 2.42. The smallest absolute Gasteiger partial charge is 0.254 e. The molecule has 33 heavy (non-hydrogen) atoms. The number of carbonyl (C=O) groups excluding carboxylic acids is 3. The molecule has 2 aliphatic heterocycles. The lowest BCUT2D eigenvalue weighted by Gasteiger charge is -2.31. The number of methoxy groups -OCH3 is 1. The maximum atomic E-state index is 13.5. The van der Waals surface area contributed by atoms with E-state index in [2.05, 4.69) is 5.32 Å². The van der Waals surface area contributed by atoms with Gasteiger partial charge in [-0.15, -0.1) is 0 Å². The van der Waals surface area contributed by atoms with E-state index in [0.717, 1.165) is 29.7 Å². The molecular formula is C26H31N3O4. The number of benzene rings is 2.